The number of ether oxygens (including phenoxy) is 5. The van der Waals surface area contributed by atoms with E-state index in [1.165, 1.54) is 64.2 Å². The number of hydrogen-bond donors (Lipinski definition) is 5. The van der Waals surface area contributed by atoms with Crippen LogP contribution in [0.2, 0.25) is 0 Å². The number of ketones is 1. The summed E-state index contributed by atoms with van der Waals surface area (Å²) < 4.78 is 29.6. The summed E-state index contributed by atoms with van der Waals surface area (Å²) in [7, 11) is 3.02. The third kappa shape index (κ3) is 9.05. The number of fused-ring (bicyclic) bond motifs is 14. The van der Waals surface area contributed by atoms with E-state index in [9.17, 15) is 39.6 Å². The van der Waals surface area contributed by atoms with Crippen molar-refractivity contribution < 1.29 is 63.3 Å². The van der Waals surface area contributed by atoms with Crippen molar-refractivity contribution in [3.05, 3.63) is 53.3 Å². The van der Waals surface area contributed by atoms with Crippen molar-refractivity contribution in [2.75, 3.05) is 32.6 Å². The molecule has 0 aliphatic carbocycles. The molecule has 0 saturated carbocycles. The van der Waals surface area contributed by atoms with Crippen molar-refractivity contribution in [2.45, 2.75) is 92.5 Å². The molecule has 5 bridgehead atoms. The van der Waals surface area contributed by atoms with Gasteiger partial charge in [-0.25, -0.2) is 0 Å². The minimum Gasteiger partial charge on any atom is -0.507 e. The van der Waals surface area contributed by atoms with Crippen LogP contribution in [-0.2, 0) is 28.6 Å². The van der Waals surface area contributed by atoms with E-state index in [1.807, 2.05) is 0 Å². The predicted octanol–water partition coefficient (Wildman–Crippen LogP) is 4.91. The van der Waals surface area contributed by atoms with E-state index in [0.29, 0.717) is 6.54 Å². The minimum atomic E-state index is -2.02. The zero-order valence-electron chi connectivity index (χ0n) is 34.4. The zero-order chi connectivity index (χ0) is 42.7. The molecule has 5 N–H and O–H groups in total. The molecule has 3 heterocycles. The van der Waals surface area contributed by atoms with Crippen LogP contribution < -0.4 is 14.8 Å². The molecule has 15 nitrogen and oxygen atoms in total. The van der Waals surface area contributed by atoms with Gasteiger partial charge in [0.25, 0.3) is 17.6 Å². The number of nitrogens with zero attached hydrogens (tertiary/aromatic N) is 1. The average Bonchev–Trinajstić information content (AvgIpc) is 3.44. The van der Waals surface area contributed by atoms with Crippen LogP contribution in [0, 0.1) is 30.6 Å². The summed E-state index contributed by atoms with van der Waals surface area (Å²) in [6.07, 6.45) is 3.58. The molecule has 3 aliphatic heterocycles. The molecule has 57 heavy (non-hydrogen) atoms. The number of likely N-dealkylation sites (N-methyl/N-ethyl adjacent to an activating group) is 1. The van der Waals surface area contributed by atoms with Crippen molar-refractivity contribution in [3.63, 3.8) is 0 Å². The fraction of sp³-hybridized carbons (Fsp3) is 0.524. The lowest BCUT2D eigenvalue weighted by molar-refractivity contribution is -0.160. The van der Waals surface area contributed by atoms with Gasteiger partial charge in [0.15, 0.2) is 12.4 Å². The monoisotopic (exact) mass is 796 g/mol. The van der Waals surface area contributed by atoms with Gasteiger partial charge in [0.1, 0.15) is 23.4 Å². The largest absolute Gasteiger partial charge is 0.507 e. The first kappa shape index (κ1) is 44.6. The minimum absolute atomic E-state index is 0.0602. The molecular weight excluding hydrogens is 740 g/mol. The molecule has 3 aliphatic rings. The van der Waals surface area contributed by atoms with Gasteiger partial charge in [-0.2, -0.15) is 0 Å². The van der Waals surface area contributed by atoms with E-state index < -0.39 is 95.5 Å². The number of rotatable bonds is 6. The van der Waals surface area contributed by atoms with E-state index >= 15 is 0 Å². The van der Waals surface area contributed by atoms with E-state index in [2.05, 4.69) is 5.32 Å². The Bertz CT molecular complexity index is 1970. The molecule has 9 unspecified atom stereocenters. The topological polar surface area (TPSA) is 211 Å². The second-order valence-corrected chi connectivity index (χ2v) is 15.1. The Morgan fingerprint density at radius 3 is 2.26 bits per heavy atom. The van der Waals surface area contributed by atoms with Crippen molar-refractivity contribution in [1.29, 1.82) is 0 Å². The summed E-state index contributed by atoms with van der Waals surface area (Å²) in [5.74, 6) is -8.07. The number of aliphatic hydroxyl groups is 2. The Balaban J connectivity index is 1.94. The second kappa shape index (κ2) is 18.0. The van der Waals surface area contributed by atoms with E-state index in [-0.39, 0.29) is 44.7 Å². The summed E-state index contributed by atoms with van der Waals surface area (Å²) in [4.78, 5) is 54.5. The number of aliphatic hydroxyl groups excluding tert-OH is 2. The van der Waals surface area contributed by atoms with Gasteiger partial charge < -0.3 is 54.3 Å². The molecule has 0 fully saturated rings. The van der Waals surface area contributed by atoms with Crippen LogP contribution in [-0.4, -0.2) is 106 Å². The fourth-order valence-corrected chi connectivity index (χ4v) is 7.17. The van der Waals surface area contributed by atoms with Gasteiger partial charge in [-0.15, -0.1) is 0 Å². The highest BCUT2D eigenvalue weighted by Gasteiger charge is 2.49. The van der Waals surface area contributed by atoms with Gasteiger partial charge in [0.2, 0.25) is 0 Å². The molecule has 0 spiro atoms. The van der Waals surface area contributed by atoms with Crippen molar-refractivity contribution in [2.24, 2.45) is 23.7 Å². The Labute approximate surface area is 332 Å². The average molecular weight is 797 g/mol. The maximum atomic E-state index is 14.4. The number of carbonyl (C=O) groups excluding carboxylic acids is 4. The Kier molecular flexibility index (Phi) is 14.1. The number of allylic oxidation sites excluding steroid dienone is 2. The summed E-state index contributed by atoms with van der Waals surface area (Å²) in [5.41, 5.74) is -0.0201. The number of hydrogen-bond acceptors (Lipinski definition) is 13. The normalized spacial score (nSPS) is 30.4. The Morgan fingerprint density at radius 1 is 0.982 bits per heavy atom. The van der Waals surface area contributed by atoms with Crippen LogP contribution in [0.3, 0.4) is 0 Å². The molecule has 2 amide bonds. The van der Waals surface area contributed by atoms with Crippen LogP contribution in [0.15, 0.2) is 42.2 Å². The SMILES string of the molecule is CCN(C)C(=O)COc1cc2c(O)c3c(O)c(C)c4c(c13)C(=O)C(C)(O/C=C/C(OC)C(C)C(OC(C)=O)C(C)C(O)C(C)C(O)C(C)/C=C/C=C(\C)C(=O)N2)O4. The highest BCUT2D eigenvalue weighted by atomic mass is 16.7. The number of esters is 1. The fourth-order valence-electron chi connectivity index (χ4n) is 7.17. The lowest BCUT2D eigenvalue weighted by Crippen LogP contribution is -2.46. The maximum Gasteiger partial charge on any atom is 0.312 e. The smallest absolute Gasteiger partial charge is 0.312 e. The summed E-state index contributed by atoms with van der Waals surface area (Å²) in [6.45, 7) is 14.2. The molecule has 15 heteroatoms. The van der Waals surface area contributed by atoms with Crippen LogP contribution in [0.25, 0.3) is 10.8 Å². The van der Waals surface area contributed by atoms with Gasteiger partial charge >= 0.3 is 11.8 Å². The van der Waals surface area contributed by atoms with Gasteiger partial charge in [0.05, 0.1) is 41.2 Å². The molecular formula is C42H56N2O13. The van der Waals surface area contributed by atoms with Gasteiger partial charge in [-0.1, -0.05) is 45.9 Å². The van der Waals surface area contributed by atoms with Crippen molar-refractivity contribution >= 4 is 40.0 Å². The van der Waals surface area contributed by atoms with E-state index in [0.717, 1.165) is 0 Å². The van der Waals surface area contributed by atoms with Gasteiger partial charge in [0, 0.05) is 80.8 Å². The first-order valence-corrected chi connectivity index (χ1v) is 18.9. The quantitative estimate of drug-likeness (QED) is 0.195. The molecule has 2 aromatic rings. The lowest BCUT2D eigenvalue weighted by Gasteiger charge is -2.38. The number of Topliss-reactive ketones (excluding diaryl/α,β-unsaturated/α-hetero) is 1. The molecule has 0 radical (unpaired) electrons. The number of aromatic hydroxyl groups is 2. The highest BCUT2D eigenvalue weighted by molar-refractivity contribution is 6.21. The van der Waals surface area contributed by atoms with E-state index in [1.54, 1.807) is 53.8 Å². The van der Waals surface area contributed by atoms with Gasteiger partial charge in [-0.05, 0) is 26.8 Å². The first-order chi connectivity index (χ1) is 26.7. The number of amides is 2. The zero-order valence-corrected chi connectivity index (χ0v) is 34.4. The number of phenolic OH excluding ortho intramolecular Hbond substituents is 2. The van der Waals surface area contributed by atoms with Crippen LogP contribution in [0.1, 0.15) is 71.3 Å². The third-order valence-electron chi connectivity index (χ3n) is 11.1. The number of methoxy groups -OCH3 is 1. The van der Waals surface area contributed by atoms with Crippen molar-refractivity contribution in [3.8, 4) is 23.0 Å². The van der Waals surface area contributed by atoms with Crippen LogP contribution in [0.5, 0.6) is 23.0 Å². The van der Waals surface area contributed by atoms with Crippen LogP contribution in [0.4, 0.5) is 5.69 Å². The number of anilines is 1. The third-order valence-corrected chi connectivity index (χ3v) is 11.1. The number of carbonyl (C=O) groups is 4. The molecule has 312 valence electrons. The molecule has 0 aromatic heterocycles. The lowest BCUT2D eigenvalue weighted by atomic mass is 9.78. The number of benzene rings is 2. The molecule has 9 atom stereocenters. The summed E-state index contributed by atoms with van der Waals surface area (Å²) in [5, 5.41) is 48.2. The van der Waals surface area contributed by atoms with Gasteiger partial charge in [-0.3, -0.25) is 19.2 Å². The van der Waals surface area contributed by atoms with Crippen LogP contribution >= 0.6 is 0 Å². The first-order valence-electron chi connectivity index (χ1n) is 18.9. The number of nitrogens with one attached hydrogen (secondary N) is 1. The Morgan fingerprint density at radius 2 is 1.65 bits per heavy atom. The predicted molar refractivity (Wildman–Crippen MR) is 211 cm³/mol. The Hall–Kier alpha value is -5.12. The molecule has 2 aromatic carbocycles. The standard InChI is InChI=1S/C42H56N2O13/c1-12-44(10)30(46)19-54-29-18-27-37(50)32-31(29)33-39(25(7)36(32)49)57-42(9,40(33)51)55-17-16-28(53-11)22(4)38(56-26(8)45)24(6)35(48)23(5)34(47)20(2)14-13-15-21(3)41(52)43-27/h13-18,20,22-24,28,34-35,38,47-50H,12,19H2,1-11H3,(H,43,52)/b14-13+,17-16+,21-15+. The molecule has 0 saturated heterocycles. The highest BCUT2D eigenvalue weighted by Crippen LogP contribution is 2.54. The molecule has 5 rings (SSSR count). The van der Waals surface area contributed by atoms with E-state index in [4.69, 9.17) is 23.7 Å². The number of phenols is 2. The summed E-state index contributed by atoms with van der Waals surface area (Å²) >= 11 is 0. The summed E-state index contributed by atoms with van der Waals surface area (Å²) in [6, 6.07) is 1.26. The maximum absolute atomic E-state index is 14.4. The second-order valence-electron chi connectivity index (χ2n) is 15.1. The van der Waals surface area contributed by atoms with Crippen molar-refractivity contribution in [1.82, 2.24) is 4.90 Å².